The lowest BCUT2D eigenvalue weighted by atomic mass is 9.81. The highest BCUT2D eigenvalue weighted by Crippen LogP contribution is 2.49. The molecule has 134 valence electrons. The molecule has 0 spiro atoms. The summed E-state index contributed by atoms with van der Waals surface area (Å²) in [5.41, 5.74) is 0.699. The van der Waals surface area contributed by atoms with Gasteiger partial charge >= 0.3 is 0 Å². The van der Waals surface area contributed by atoms with Crippen molar-refractivity contribution in [2.24, 2.45) is 11.8 Å². The molecule has 4 heterocycles. The SMILES string of the molecule is O=C1[C@@H]2[C@H](C(=O)N1c1ccn(Cc3ccc(F)cc3Cl)n1)[C@@H]1CC[C@@H]2O1. The molecule has 4 atom stereocenters. The van der Waals surface area contributed by atoms with Crippen LogP contribution in [0.5, 0.6) is 0 Å². The largest absolute Gasteiger partial charge is 0.373 e. The minimum Gasteiger partial charge on any atom is -0.373 e. The van der Waals surface area contributed by atoms with Gasteiger partial charge in [-0.05, 0) is 30.5 Å². The maximum atomic E-state index is 13.2. The number of hydrogen-bond donors (Lipinski definition) is 0. The van der Waals surface area contributed by atoms with Gasteiger partial charge in [-0.15, -0.1) is 0 Å². The molecule has 1 aromatic heterocycles. The van der Waals surface area contributed by atoms with E-state index in [1.54, 1.807) is 23.0 Å². The van der Waals surface area contributed by atoms with Gasteiger partial charge in [-0.3, -0.25) is 14.3 Å². The Kier molecular flexibility index (Phi) is 3.45. The van der Waals surface area contributed by atoms with Crippen LogP contribution in [0.25, 0.3) is 0 Å². The number of fused-ring (bicyclic) bond motifs is 5. The molecular weight excluding hydrogens is 361 g/mol. The monoisotopic (exact) mass is 375 g/mol. The predicted octanol–water partition coefficient (Wildman–Crippen LogP) is 2.39. The summed E-state index contributed by atoms with van der Waals surface area (Å²) in [5.74, 6) is -1.30. The second kappa shape index (κ2) is 5.62. The number of anilines is 1. The lowest BCUT2D eigenvalue weighted by Gasteiger charge is -2.15. The number of carbonyl (C=O) groups excluding carboxylic acids is 2. The van der Waals surface area contributed by atoms with Gasteiger partial charge in [0.1, 0.15) is 5.82 Å². The molecule has 3 aliphatic rings. The predicted molar refractivity (Wildman–Crippen MR) is 90.1 cm³/mol. The summed E-state index contributed by atoms with van der Waals surface area (Å²) < 4.78 is 20.5. The van der Waals surface area contributed by atoms with E-state index in [-0.39, 0.29) is 35.9 Å². The summed E-state index contributed by atoms with van der Waals surface area (Å²) in [7, 11) is 0. The van der Waals surface area contributed by atoms with Crippen LogP contribution < -0.4 is 4.90 Å². The van der Waals surface area contributed by atoms with E-state index in [4.69, 9.17) is 16.3 Å². The van der Waals surface area contributed by atoms with Crippen LogP contribution in [0.1, 0.15) is 18.4 Å². The van der Waals surface area contributed by atoms with Crippen molar-refractivity contribution >= 4 is 29.2 Å². The minimum atomic E-state index is -0.406. The van der Waals surface area contributed by atoms with Gasteiger partial charge in [0.2, 0.25) is 11.8 Å². The molecule has 6 nitrogen and oxygen atoms in total. The summed E-state index contributed by atoms with van der Waals surface area (Å²) in [6.07, 6.45) is 3.04. The van der Waals surface area contributed by atoms with E-state index in [0.717, 1.165) is 12.8 Å². The lowest BCUT2D eigenvalue weighted by molar-refractivity contribution is -0.124. The molecule has 2 amide bonds. The average molecular weight is 376 g/mol. The standard InChI is InChI=1S/C18H15ClFN3O3/c19-11-7-10(20)2-1-9(11)8-22-6-5-14(21-22)23-17(24)15-12-3-4-13(26-12)16(15)18(23)25/h1-2,5-7,12-13,15-16H,3-4,8H2/t12-,13-,15-,16+/m0/s1. The van der Waals surface area contributed by atoms with Crippen molar-refractivity contribution in [3.05, 3.63) is 46.9 Å². The van der Waals surface area contributed by atoms with Crippen LogP contribution in [0.2, 0.25) is 5.02 Å². The first-order valence-corrected chi connectivity index (χ1v) is 8.91. The maximum absolute atomic E-state index is 13.2. The molecule has 5 rings (SSSR count). The Morgan fingerprint density at radius 1 is 1.15 bits per heavy atom. The fourth-order valence-corrected chi connectivity index (χ4v) is 4.55. The molecular formula is C18H15ClFN3O3. The number of halogens is 2. The van der Waals surface area contributed by atoms with E-state index < -0.39 is 5.82 Å². The van der Waals surface area contributed by atoms with Gasteiger partial charge in [-0.25, -0.2) is 9.29 Å². The van der Waals surface area contributed by atoms with E-state index in [0.29, 0.717) is 22.9 Å². The van der Waals surface area contributed by atoms with Crippen LogP contribution >= 0.6 is 11.6 Å². The number of carbonyl (C=O) groups is 2. The summed E-state index contributed by atoms with van der Waals surface area (Å²) in [4.78, 5) is 26.7. The zero-order valence-electron chi connectivity index (χ0n) is 13.6. The van der Waals surface area contributed by atoms with Crippen molar-refractivity contribution in [2.75, 3.05) is 4.90 Å². The number of nitrogens with zero attached hydrogens (tertiary/aromatic N) is 3. The Labute approximate surface area is 153 Å². The van der Waals surface area contributed by atoms with E-state index in [9.17, 15) is 14.0 Å². The van der Waals surface area contributed by atoms with Gasteiger partial charge in [0, 0.05) is 17.3 Å². The van der Waals surface area contributed by atoms with Crippen molar-refractivity contribution in [1.82, 2.24) is 9.78 Å². The quantitative estimate of drug-likeness (QED) is 0.773. The van der Waals surface area contributed by atoms with Crippen LogP contribution in [0, 0.1) is 17.7 Å². The summed E-state index contributed by atoms with van der Waals surface area (Å²) in [6.45, 7) is 0.316. The molecule has 0 aliphatic carbocycles. The van der Waals surface area contributed by atoms with Gasteiger partial charge < -0.3 is 4.74 Å². The Balaban J connectivity index is 1.40. The molecule has 2 aromatic rings. The van der Waals surface area contributed by atoms with Crippen molar-refractivity contribution in [1.29, 1.82) is 0 Å². The summed E-state index contributed by atoms with van der Waals surface area (Å²) in [5, 5.41) is 4.66. The molecule has 0 saturated carbocycles. The number of amides is 2. The first kappa shape index (κ1) is 16.0. The second-order valence-corrected chi connectivity index (χ2v) is 7.37. The van der Waals surface area contributed by atoms with Crippen LogP contribution in [-0.2, 0) is 20.9 Å². The zero-order chi connectivity index (χ0) is 18.0. The highest BCUT2D eigenvalue weighted by Gasteiger charge is 2.63. The molecule has 26 heavy (non-hydrogen) atoms. The van der Waals surface area contributed by atoms with Gasteiger partial charge in [0.15, 0.2) is 5.82 Å². The number of benzene rings is 1. The van der Waals surface area contributed by atoms with Crippen molar-refractivity contribution in [3.8, 4) is 0 Å². The molecule has 1 aromatic carbocycles. The Morgan fingerprint density at radius 3 is 2.50 bits per heavy atom. The Bertz CT molecular complexity index is 902. The molecule has 2 bridgehead atoms. The van der Waals surface area contributed by atoms with E-state index in [1.807, 2.05) is 0 Å². The third-order valence-electron chi connectivity index (χ3n) is 5.49. The molecule has 0 unspecified atom stereocenters. The van der Waals surface area contributed by atoms with E-state index in [1.165, 1.54) is 17.0 Å². The number of hydrogen-bond acceptors (Lipinski definition) is 4. The second-order valence-electron chi connectivity index (χ2n) is 6.96. The van der Waals surface area contributed by atoms with Gasteiger partial charge in [0.05, 0.1) is 30.6 Å². The molecule has 8 heteroatoms. The summed E-state index contributed by atoms with van der Waals surface area (Å²) >= 11 is 6.05. The zero-order valence-corrected chi connectivity index (χ0v) is 14.4. The number of aromatic nitrogens is 2. The Hall–Kier alpha value is -2.25. The van der Waals surface area contributed by atoms with Crippen molar-refractivity contribution in [3.63, 3.8) is 0 Å². The van der Waals surface area contributed by atoms with Crippen molar-refractivity contribution < 1.29 is 18.7 Å². The van der Waals surface area contributed by atoms with E-state index >= 15 is 0 Å². The van der Waals surface area contributed by atoms with Crippen LogP contribution in [0.3, 0.4) is 0 Å². The molecule has 0 N–H and O–H groups in total. The fourth-order valence-electron chi connectivity index (χ4n) is 4.32. The third-order valence-corrected chi connectivity index (χ3v) is 5.84. The molecule has 3 fully saturated rings. The average Bonchev–Trinajstić information content (AvgIpc) is 3.35. The highest BCUT2D eigenvalue weighted by molar-refractivity contribution is 6.31. The first-order valence-electron chi connectivity index (χ1n) is 8.53. The fraction of sp³-hybridized carbons (Fsp3) is 0.389. The van der Waals surface area contributed by atoms with E-state index in [2.05, 4.69) is 5.10 Å². The molecule has 0 radical (unpaired) electrons. The summed E-state index contributed by atoms with van der Waals surface area (Å²) in [6, 6.07) is 5.80. The lowest BCUT2D eigenvalue weighted by Crippen LogP contribution is -2.34. The number of rotatable bonds is 3. The number of imide groups is 1. The third kappa shape index (κ3) is 2.23. The number of ether oxygens (including phenoxy) is 1. The van der Waals surface area contributed by atoms with Crippen LogP contribution in [0.4, 0.5) is 10.2 Å². The van der Waals surface area contributed by atoms with Crippen LogP contribution in [0.15, 0.2) is 30.5 Å². The smallest absolute Gasteiger partial charge is 0.241 e. The van der Waals surface area contributed by atoms with Crippen LogP contribution in [-0.4, -0.2) is 33.8 Å². The molecule has 3 aliphatic heterocycles. The maximum Gasteiger partial charge on any atom is 0.241 e. The topological polar surface area (TPSA) is 64.4 Å². The van der Waals surface area contributed by atoms with Crippen molar-refractivity contribution in [2.45, 2.75) is 31.6 Å². The van der Waals surface area contributed by atoms with Gasteiger partial charge in [-0.1, -0.05) is 17.7 Å². The Morgan fingerprint density at radius 2 is 1.85 bits per heavy atom. The first-order chi connectivity index (χ1) is 12.5. The molecule has 3 saturated heterocycles. The normalized spacial score (nSPS) is 29.7. The van der Waals surface area contributed by atoms with Gasteiger partial charge in [-0.2, -0.15) is 5.10 Å². The van der Waals surface area contributed by atoms with Gasteiger partial charge in [0.25, 0.3) is 0 Å². The highest BCUT2D eigenvalue weighted by atomic mass is 35.5. The minimum absolute atomic E-state index is 0.147.